The second kappa shape index (κ2) is 4.66. The Morgan fingerprint density at radius 1 is 1.44 bits per heavy atom. The fourth-order valence-electron chi connectivity index (χ4n) is 1.65. The fourth-order valence-corrected chi connectivity index (χ4v) is 1.78. The molecular formula is C12H12ClNO2. The molecule has 1 aromatic rings. The van der Waals surface area contributed by atoms with Gasteiger partial charge in [-0.2, -0.15) is 0 Å². The molecule has 1 aliphatic rings. The summed E-state index contributed by atoms with van der Waals surface area (Å²) in [4.78, 5) is 16.1. The van der Waals surface area contributed by atoms with Gasteiger partial charge in [0.15, 0.2) is 0 Å². The lowest BCUT2D eigenvalue weighted by Gasteiger charge is -2.18. The summed E-state index contributed by atoms with van der Waals surface area (Å²) >= 11 is 5.80. The largest absolute Gasteiger partial charge is 0.338 e. The average Bonchev–Trinajstić information content (AvgIpc) is 2.31. The summed E-state index contributed by atoms with van der Waals surface area (Å²) in [6, 6.07) is 7.37. The first-order valence-electron chi connectivity index (χ1n) is 5.24. The third-order valence-corrected chi connectivity index (χ3v) is 2.94. The van der Waals surface area contributed by atoms with Gasteiger partial charge >= 0.3 is 5.97 Å². The van der Waals surface area contributed by atoms with E-state index in [0.29, 0.717) is 11.4 Å². The van der Waals surface area contributed by atoms with Gasteiger partial charge in [-0.05, 0) is 24.1 Å². The Balaban J connectivity index is 2.22. The van der Waals surface area contributed by atoms with Gasteiger partial charge in [0, 0.05) is 11.4 Å². The van der Waals surface area contributed by atoms with Gasteiger partial charge in [-0.15, -0.1) is 0 Å². The van der Waals surface area contributed by atoms with Gasteiger partial charge < -0.3 is 4.84 Å². The lowest BCUT2D eigenvalue weighted by molar-refractivity contribution is -0.149. The molecule has 0 amide bonds. The summed E-state index contributed by atoms with van der Waals surface area (Å²) in [5.74, 6) is -0.316. The number of benzene rings is 1. The van der Waals surface area contributed by atoms with Crippen molar-refractivity contribution in [2.45, 2.75) is 19.8 Å². The molecule has 1 heterocycles. The molecule has 0 radical (unpaired) electrons. The molecule has 4 heteroatoms. The second-order valence-electron chi connectivity index (χ2n) is 3.76. The van der Waals surface area contributed by atoms with E-state index in [1.165, 1.54) is 0 Å². The summed E-state index contributed by atoms with van der Waals surface area (Å²) in [6.45, 7) is 1.97. The van der Waals surface area contributed by atoms with Gasteiger partial charge in [0.25, 0.3) is 0 Å². The van der Waals surface area contributed by atoms with Crippen molar-refractivity contribution in [3.05, 3.63) is 34.9 Å². The molecule has 2 rings (SSSR count). The second-order valence-corrected chi connectivity index (χ2v) is 4.20. The van der Waals surface area contributed by atoms with Crippen LogP contribution in [-0.2, 0) is 9.63 Å². The van der Waals surface area contributed by atoms with E-state index in [1.54, 1.807) is 12.1 Å². The van der Waals surface area contributed by atoms with Crippen molar-refractivity contribution in [2.75, 3.05) is 0 Å². The molecule has 3 nitrogen and oxygen atoms in total. The SMILES string of the molecule is CCC1CC(c2ccc(Cl)cc2)=NOC1=O. The minimum atomic E-state index is -0.236. The van der Waals surface area contributed by atoms with Crippen LogP contribution in [0.2, 0.25) is 5.02 Å². The lowest BCUT2D eigenvalue weighted by Crippen LogP contribution is -2.24. The summed E-state index contributed by atoms with van der Waals surface area (Å²) in [6.07, 6.45) is 1.41. The van der Waals surface area contributed by atoms with Crippen LogP contribution in [0.5, 0.6) is 0 Å². The number of rotatable bonds is 2. The van der Waals surface area contributed by atoms with Gasteiger partial charge in [-0.3, -0.25) is 0 Å². The molecule has 0 aromatic heterocycles. The maximum atomic E-state index is 11.3. The third kappa shape index (κ3) is 2.25. The molecular weight excluding hydrogens is 226 g/mol. The summed E-state index contributed by atoms with van der Waals surface area (Å²) in [7, 11) is 0. The Morgan fingerprint density at radius 3 is 2.75 bits per heavy atom. The van der Waals surface area contributed by atoms with Crippen LogP contribution in [0, 0.1) is 5.92 Å². The van der Waals surface area contributed by atoms with Crippen LogP contribution in [0.25, 0.3) is 0 Å². The molecule has 0 bridgehead atoms. The van der Waals surface area contributed by atoms with Crippen LogP contribution in [0.3, 0.4) is 0 Å². The topological polar surface area (TPSA) is 38.7 Å². The third-order valence-electron chi connectivity index (χ3n) is 2.69. The van der Waals surface area contributed by atoms with Crippen LogP contribution in [0.15, 0.2) is 29.4 Å². The highest BCUT2D eigenvalue weighted by Crippen LogP contribution is 2.21. The van der Waals surface area contributed by atoms with Crippen molar-refractivity contribution in [1.82, 2.24) is 0 Å². The number of carbonyl (C=O) groups excluding carboxylic acids is 1. The zero-order valence-electron chi connectivity index (χ0n) is 8.94. The number of nitrogens with zero attached hydrogens (tertiary/aromatic N) is 1. The van der Waals surface area contributed by atoms with E-state index in [4.69, 9.17) is 16.4 Å². The summed E-state index contributed by atoms with van der Waals surface area (Å²) in [5.41, 5.74) is 1.76. The molecule has 1 atom stereocenters. The van der Waals surface area contributed by atoms with Crippen LogP contribution in [-0.4, -0.2) is 11.7 Å². The molecule has 1 aliphatic heterocycles. The Kier molecular flexibility index (Phi) is 3.25. The number of hydrogen-bond donors (Lipinski definition) is 0. The van der Waals surface area contributed by atoms with Crippen molar-refractivity contribution in [3.63, 3.8) is 0 Å². The molecule has 0 aliphatic carbocycles. The normalized spacial score (nSPS) is 20.2. The summed E-state index contributed by atoms with van der Waals surface area (Å²) < 4.78 is 0. The highest BCUT2D eigenvalue weighted by Gasteiger charge is 2.26. The predicted molar refractivity (Wildman–Crippen MR) is 62.5 cm³/mol. The number of hydrogen-bond acceptors (Lipinski definition) is 3. The maximum absolute atomic E-state index is 11.3. The fraction of sp³-hybridized carbons (Fsp3) is 0.333. The van der Waals surface area contributed by atoms with Crippen molar-refractivity contribution >= 4 is 23.3 Å². The first-order valence-corrected chi connectivity index (χ1v) is 5.62. The molecule has 1 unspecified atom stereocenters. The van der Waals surface area contributed by atoms with Crippen molar-refractivity contribution in [1.29, 1.82) is 0 Å². The van der Waals surface area contributed by atoms with E-state index in [-0.39, 0.29) is 11.9 Å². The molecule has 16 heavy (non-hydrogen) atoms. The quantitative estimate of drug-likeness (QED) is 0.742. The monoisotopic (exact) mass is 237 g/mol. The first-order chi connectivity index (χ1) is 7.70. The van der Waals surface area contributed by atoms with Gasteiger partial charge in [0.05, 0.1) is 11.6 Å². The van der Waals surface area contributed by atoms with Gasteiger partial charge in [0.2, 0.25) is 0 Å². The average molecular weight is 238 g/mol. The first kappa shape index (κ1) is 11.1. The van der Waals surface area contributed by atoms with Gasteiger partial charge in [-0.25, -0.2) is 4.79 Å². The van der Waals surface area contributed by atoms with Crippen LogP contribution in [0.4, 0.5) is 0 Å². The zero-order chi connectivity index (χ0) is 11.5. The van der Waals surface area contributed by atoms with E-state index in [0.717, 1.165) is 17.7 Å². The molecule has 0 saturated heterocycles. The predicted octanol–water partition coefficient (Wildman–Crippen LogP) is 3.02. The van der Waals surface area contributed by atoms with Crippen LogP contribution >= 0.6 is 11.6 Å². The minimum absolute atomic E-state index is 0.0804. The van der Waals surface area contributed by atoms with Gasteiger partial charge in [0.1, 0.15) is 0 Å². The number of halogens is 1. The highest BCUT2D eigenvalue weighted by atomic mass is 35.5. The van der Waals surface area contributed by atoms with Gasteiger partial charge in [-0.1, -0.05) is 35.8 Å². The maximum Gasteiger partial charge on any atom is 0.338 e. The minimum Gasteiger partial charge on any atom is -0.318 e. The molecule has 0 saturated carbocycles. The summed E-state index contributed by atoms with van der Waals surface area (Å²) in [5, 5.41) is 4.52. The van der Waals surface area contributed by atoms with E-state index in [9.17, 15) is 4.79 Å². The molecule has 1 aromatic carbocycles. The molecule has 0 N–H and O–H groups in total. The molecule has 0 fully saturated rings. The van der Waals surface area contributed by atoms with E-state index in [1.807, 2.05) is 19.1 Å². The lowest BCUT2D eigenvalue weighted by atomic mass is 9.95. The van der Waals surface area contributed by atoms with Crippen LogP contribution in [0.1, 0.15) is 25.3 Å². The Morgan fingerprint density at radius 2 is 2.12 bits per heavy atom. The van der Waals surface area contributed by atoms with E-state index in [2.05, 4.69) is 5.16 Å². The van der Waals surface area contributed by atoms with E-state index >= 15 is 0 Å². The zero-order valence-corrected chi connectivity index (χ0v) is 9.70. The molecule has 84 valence electrons. The van der Waals surface area contributed by atoms with Crippen molar-refractivity contribution < 1.29 is 9.63 Å². The van der Waals surface area contributed by atoms with Crippen molar-refractivity contribution in [3.8, 4) is 0 Å². The molecule has 0 spiro atoms. The number of carbonyl (C=O) groups is 1. The number of oxime groups is 1. The Bertz CT molecular complexity index is 425. The standard InChI is InChI=1S/C12H12ClNO2/c1-2-8-7-11(14-16-12(8)15)9-3-5-10(13)6-4-9/h3-6,8H,2,7H2,1H3. The highest BCUT2D eigenvalue weighted by molar-refractivity contribution is 6.30. The van der Waals surface area contributed by atoms with Crippen LogP contribution < -0.4 is 0 Å². The van der Waals surface area contributed by atoms with E-state index < -0.39 is 0 Å². The Labute approximate surface area is 99.0 Å². The smallest absolute Gasteiger partial charge is 0.318 e. The Hall–Kier alpha value is -1.35. The van der Waals surface area contributed by atoms with Crippen molar-refractivity contribution in [2.24, 2.45) is 11.1 Å².